The fourth-order valence-electron chi connectivity index (χ4n) is 2.37. The van der Waals surface area contributed by atoms with Crippen molar-refractivity contribution in [1.82, 2.24) is 0 Å². The van der Waals surface area contributed by atoms with E-state index in [0.717, 1.165) is 12.8 Å². The maximum Gasteiger partial charge on any atom is 0.000157 e. The third-order valence-electron chi connectivity index (χ3n) is 3.75. The Morgan fingerprint density at radius 2 is 1.47 bits per heavy atom. The number of rotatable bonds is 5. The van der Waals surface area contributed by atoms with Crippen LogP contribution < -0.4 is 5.73 Å². The molecule has 0 spiro atoms. The predicted octanol–water partition coefficient (Wildman–Crippen LogP) is 3.84. The second-order valence-electron chi connectivity index (χ2n) is 5.22. The molecule has 0 bridgehead atoms. The van der Waals surface area contributed by atoms with Crippen LogP contribution in [0.1, 0.15) is 35.1 Å². The van der Waals surface area contributed by atoms with Crippen molar-refractivity contribution in [3.05, 3.63) is 70.8 Å². The molecule has 0 radical (unpaired) electrons. The van der Waals surface area contributed by atoms with Gasteiger partial charge in [-0.05, 0) is 43.0 Å². The average Bonchev–Trinajstić information content (AvgIpc) is 2.46. The molecule has 0 amide bonds. The van der Waals surface area contributed by atoms with Gasteiger partial charge in [-0.25, -0.2) is 0 Å². The van der Waals surface area contributed by atoms with E-state index in [1.165, 1.54) is 22.3 Å². The summed E-state index contributed by atoms with van der Waals surface area (Å²) < 4.78 is 0. The predicted molar refractivity (Wildman–Crippen MR) is 82.5 cm³/mol. The van der Waals surface area contributed by atoms with Gasteiger partial charge in [-0.1, -0.05) is 61.0 Å². The Labute approximate surface area is 116 Å². The molecule has 0 saturated carbocycles. The van der Waals surface area contributed by atoms with Gasteiger partial charge in [0, 0.05) is 5.92 Å². The summed E-state index contributed by atoms with van der Waals surface area (Å²) in [5.41, 5.74) is 11.3. The molecule has 0 aromatic heterocycles. The van der Waals surface area contributed by atoms with Crippen molar-refractivity contribution < 1.29 is 0 Å². The highest BCUT2D eigenvalue weighted by molar-refractivity contribution is 5.29. The van der Waals surface area contributed by atoms with Crippen LogP contribution in [0.5, 0.6) is 0 Å². The molecule has 1 heteroatoms. The first kappa shape index (κ1) is 13.8. The van der Waals surface area contributed by atoms with E-state index in [-0.39, 0.29) is 0 Å². The van der Waals surface area contributed by atoms with Crippen molar-refractivity contribution >= 4 is 0 Å². The third kappa shape index (κ3) is 3.68. The van der Waals surface area contributed by atoms with E-state index in [1.807, 2.05) is 0 Å². The first-order valence-corrected chi connectivity index (χ1v) is 7.07. The molecule has 19 heavy (non-hydrogen) atoms. The van der Waals surface area contributed by atoms with Crippen LogP contribution in [0.15, 0.2) is 48.5 Å². The largest absolute Gasteiger partial charge is 0.330 e. The lowest BCUT2D eigenvalue weighted by molar-refractivity contribution is 0.694. The average molecular weight is 253 g/mol. The van der Waals surface area contributed by atoms with E-state index in [2.05, 4.69) is 62.4 Å². The number of benzene rings is 2. The molecule has 0 aliphatic heterocycles. The molecule has 1 atom stereocenters. The van der Waals surface area contributed by atoms with E-state index in [4.69, 9.17) is 5.73 Å². The highest BCUT2D eigenvalue weighted by Gasteiger charge is 2.10. The zero-order chi connectivity index (χ0) is 13.7. The van der Waals surface area contributed by atoms with Crippen molar-refractivity contribution in [3.63, 3.8) is 0 Å². The van der Waals surface area contributed by atoms with Gasteiger partial charge in [0.05, 0.1) is 0 Å². The molecule has 1 nitrogen and oxygen atoms in total. The molecule has 0 heterocycles. The summed E-state index contributed by atoms with van der Waals surface area (Å²) in [5, 5.41) is 0. The van der Waals surface area contributed by atoms with Gasteiger partial charge >= 0.3 is 0 Å². The maximum absolute atomic E-state index is 5.95. The van der Waals surface area contributed by atoms with Crippen LogP contribution in [0.3, 0.4) is 0 Å². The second kappa shape index (κ2) is 6.53. The monoisotopic (exact) mass is 253 g/mol. The van der Waals surface area contributed by atoms with Gasteiger partial charge in [0.1, 0.15) is 0 Å². The van der Waals surface area contributed by atoms with Crippen LogP contribution in [-0.2, 0) is 12.8 Å². The Balaban J connectivity index is 2.11. The SMILES string of the molecule is CCc1ccc(CC(CN)c2ccc(C)cc2)cc1. The van der Waals surface area contributed by atoms with E-state index in [0.29, 0.717) is 12.5 Å². The van der Waals surface area contributed by atoms with Crippen molar-refractivity contribution in [2.75, 3.05) is 6.54 Å². The van der Waals surface area contributed by atoms with E-state index >= 15 is 0 Å². The molecular formula is C18H23N. The zero-order valence-electron chi connectivity index (χ0n) is 11.9. The van der Waals surface area contributed by atoms with Gasteiger partial charge in [-0.15, -0.1) is 0 Å². The van der Waals surface area contributed by atoms with E-state index < -0.39 is 0 Å². The van der Waals surface area contributed by atoms with Crippen LogP contribution in [0, 0.1) is 6.92 Å². The van der Waals surface area contributed by atoms with E-state index in [1.54, 1.807) is 0 Å². The molecule has 0 aliphatic rings. The van der Waals surface area contributed by atoms with Gasteiger partial charge < -0.3 is 5.73 Å². The fraction of sp³-hybridized carbons (Fsp3) is 0.333. The summed E-state index contributed by atoms with van der Waals surface area (Å²) in [4.78, 5) is 0. The summed E-state index contributed by atoms with van der Waals surface area (Å²) in [5.74, 6) is 0.410. The van der Waals surface area contributed by atoms with Gasteiger partial charge in [0.15, 0.2) is 0 Å². The third-order valence-corrected chi connectivity index (χ3v) is 3.75. The van der Waals surface area contributed by atoms with E-state index in [9.17, 15) is 0 Å². The summed E-state index contributed by atoms with van der Waals surface area (Å²) in [7, 11) is 0. The molecular weight excluding hydrogens is 230 g/mol. The number of aryl methyl sites for hydroxylation is 2. The molecule has 0 aliphatic carbocycles. The normalized spacial score (nSPS) is 12.4. The summed E-state index contributed by atoms with van der Waals surface area (Å²) in [6.45, 7) is 4.99. The summed E-state index contributed by atoms with van der Waals surface area (Å²) >= 11 is 0. The highest BCUT2D eigenvalue weighted by atomic mass is 14.5. The van der Waals surface area contributed by atoms with Crippen LogP contribution in [0.25, 0.3) is 0 Å². The van der Waals surface area contributed by atoms with Crippen molar-refractivity contribution in [1.29, 1.82) is 0 Å². The molecule has 2 aromatic rings. The first-order chi connectivity index (χ1) is 9.22. The molecule has 0 saturated heterocycles. The van der Waals surface area contributed by atoms with Gasteiger partial charge in [-0.2, -0.15) is 0 Å². The van der Waals surface area contributed by atoms with Gasteiger partial charge in [0.2, 0.25) is 0 Å². The molecule has 1 unspecified atom stereocenters. The lowest BCUT2D eigenvalue weighted by Gasteiger charge is -2.16. The number of hydrogen-bond acceptors (Lipinski definition) is 1. The van der Waals surface area contributed by atoms with Crippen LogP contribution in [-0.4, -0.2) is 6.54 Å². The lowest BCUT2D eigenvalue weighted by Crippen LogP contribution is -2.15. The van der Waals surface area contributed by atoms with Crippen molar-refractivity contribution in [2.45, 2.75) is 32.6 Å². The topological polar surface area (TPSA) is 26.0 Å². The fourth-order valence-corrected chi connectivity index (χ4v) is 2.37. The standard InChI is InChI=1S/C18H23N/c1-3-15-6-8-16(9-7-15)12-18(13-19)17-10-4-14(2)5-11-17/h4-11,18H,3,12-13,19H2,1-2H3. The Hall–Kier alpha value is -1.60. The van der Waals surface area contributed by atoms with Gasteiger partial charge in [0.25, 0.3) is 0 Å². The van der Waals surface area contributed by atoms with Crippen LogP contribution in [0.2, 0.25) is 0 Å². The van der Waals surface area contributed by atoms with Crippen LogP contribution in [0.4, 0.5) is 0 Å². The molecule has 2 aromatic carbocycles. The number of hydrogen-bond donors (Lipinski definition) is 1. The Bertz CT molecular complexity index is 496. The minimum Gasteiger partial charge on any atom is -0.330 e. The Kier molecular flexibility index (Phi) is 4.75. The minimum atomic E-state index is 0.410. The van der Waals surface area contributed by atoms with Gasteiger partial charge in [-0.3, -0.25) is 0 Å². The summed E-state index contributed by atoms with van der Waals surface area (Å²) in [6.07, 6.45) is 2.11. The molecule has 2 N–H and O–H groups in total. The second-order valence-corrected chi connectivity index (χ2v) is 5.22. The molecule has 100 valence electrons. The first-order valence-electron chi connectivity index (χ1n) is 7.07. The molecule has 0 fully saturated rings. The smallest absolute Gasteiger partial charge is 0.000157 e. The molecule has 2 rings (SSSR count). The minimum absolute atomic E-state index is 0.410. The summed E-state index contributed by atoms with van der Waals surface area (Å²) in [6, 6.07) is 17.6. The quantitative estimate of drug-likeness (QED) is 0.860. The Morgan fingerprint density at radius 1 is 0.895 bits per heavy atom. The van der Waals surface area contributed by atoms with Crippen molar-refractivity contribution in [3.8, 4) is 0 Å². The van der Waals surface area contributed by atoms with Crippen molar-refractivity contribution in [2.24, 2.45) is 5.73 Å². The maximum atomic E-state index is 5.95. The number of nitrogens with two attached hydrogens (primary N) is 1. The zero-order valence-corrected chi connectivity index (χ0v) is 11.9. The lowest BCUT2D eigenvalue weighted by atomic mass is 9.91. The Morgan fingerprint density at radius 3 is 2.00 bits per heavy atom. The van der Waals surface area contributed by atoms with Crippen LogP contribution >= 0.6 is 0 Å². The highest BCUT2D eigenvalue weighted by Crippen LogP contribution is 2.21.